The molecular weight excluding hydrogens is 316 g/mol. The fourth-order valence-corrected chi connectivity index (χ4v) is 4.41. The van der Waals surface area contributed by atoms with Crippen LogP contribution < -0.4 is 0 Å². The zero-order valence-electron chi connectivity index (χ0n) is 14.6. The van der Waals surface area contributed by atoms with Crippen LogP contribution in [0, 0.1) is 5.41 Å². The van der Waals surface area contributed by atoms with E-state index in [0.29, 0.717) is 13.2 Å². The smallest absolute Gasteiger partial charge is 0.254 e. The van der Waals surface area contributed by atoms with E-state index in [1.807, 2.05) is 35.2 Å². The summed E-state index contributed by atoms with van der Waals surface area (Å²) in [6, 6.07) is 9.64. The Kier molecular flexibility index (Phi) is 4.44. The summed E-state index contributed by atoms with van der Waals surface area (Å²) in [5.41, 5.74) is 1.51. The maximum Gasteiger partial charge on any atom is 0.254 e. The van der Waals surface area contributed by atoms with Crippen molar-refractivity contribution in [2.45, 2.75) is 25.4 Å². The Bertz CT molecular complexity index is 769. The van der Waals surface area contributed by atoms with Crippen molar-refractivity contribution in [3.05, 3.63) is 42.1 Å². The molecule has 0 N–H and O–H groups in total. The van der Waals surface area contributed by atoms with Crippen LogP contribution in [0.5, 0.6) is 0 Å². The highest BCUT2D eigenvalue weighted by Gasteiger charge is 2.47. The molecule has 2 aliphatic rings. The van der Waals surface area contributed by atoms with E-state index in [1.54, 1.807) is 13.3 Å². The molecule has 25 heavy (non-hydrogen) atoms. The minimum absolute atomic E-state index is 0.0796. The predicted molar refractivity (Wildman–Crippen MR) is 95.5 cm³/mol. The predicted octanol–water partition coefficient (Wildman–Crippen LogP) is 2.89. The average molecular weight is 340 g/mol. The molecule has 5 heteroatoms. The minimum atomic E-state index is -0.0796. The first-order valence-corrected chi connectivity index (χ1v) is 8.97. The third kappa shape index (κ3) is 2.92. The van der Waals surface area contributed by atoms with Crippen LogP contribution in [-0.4, -0.2) is 55.3 Å². The van der Waals surface area contributed by atoms with Gasteiger partial charge in [0.25, 0.3) is 5.91 Å². The molecule has 2 saturated heterocycles. The Morgan fingerprint density at radius 1 is 1.40 bits per heavy atom. The summed E-state index contributed by atoms with van der Waals surface area (Å²) >= 11 is 0. The molecular formula is C20H24N2O3. The van der Waals surface area contributed by atoms with Gasteiger partial charge in [0.05, 0.1) is 23.8 Å². The number of nitrogens with zero attached hydrogens (tertiary/aromatic N) is 2. The van der Waals surface area contributed by atoms with Gasteiger partial charge in [-0.3, -0.25) is 9.78 Å². The molecule has 5 nitrogen and oxygen atoms in total. The second-order valence-corrected chi connectivity index (χ2v) is 7.15. The number of aromatic nitrogens is 1. The Labute approximate surface area is 147 Å². The second-order valence-electron chi connectivity index (χ2n) is 7.15. The van der Waals surface area contributed by atoms with Gasteiger partial charge in [0.2, 0.25) is 0 Å². The largest absolute Gasteiger partial charge is 0.384 e. The fourth-order valence-electron chi connectivity index (χ4n) is 4.41. The number of carbonyl (C=O) groups is 1. The lowest BCUT2D eigenvalue weighted by Crippen LogP contribution is -2.58. The SMILES string of the molecule is COCC12CCCOC1CCN(C(=O)c1ccnc3ccccc13)C2. The monoisotopic (exact) mass is 340 g/mol. The summed E-state index contributed by atoms with van der Waals surface area (Å²) in [7, 11) is 1.73. The number of amides is 1. The van der Waals surface area contributed by atoms with Crippen molar-refractivity contribution in [3.63, 3.8) is 0 Å². The highest BCUT2D eigenvalue weighted by Crippen LogP contribution is 2.40. The summed E-state index contributed by atoms with van der Waals surface area (Å²) in [5.74, 6) is 0.0816. The highest BCUT2D eigenvalue weighted by molar-refractivity contribution is 6.06. The molecule has 1 aromatic carbocycles. The summed E-state index contributed by atoms with van der Waals surface area (Å²) in [6.45, 7) is 2.88. The molecule has 0 bridgehead atoms. The molecule has 2 aromatic rings. The van der Waals surface area contributed by atoms with E-state index in [4.69, 9.17) is 9.47 Å². The van der Waals surface area contributed by atoms with Gasteiger partial charge >= 0.3 is 0 Å². The second kappa shape index (κ2) is 6.73. The van der Waals surface area contributed by atoms with Crippen molar-refractivity contribution in [2.75, 3.05) is 33.4 Å². The van der Waals surface area contributed by atoms with Crippen LogP contribution in [-0.2, 0) is 9.47 Å². The van der Waals surface area contributed by atoms with E-state index in [0.717, 1.165) is 48.9 Å². The van der Waals surface area contributed by atoms with Crippen LogP contribution in [0.3, 0.4) is 0 Å². The van der Waals surface area contributed by atoms with Crippen LogP contribution in [0.4, 0.5) is 0 Å². The van der Waals surface area contributed by atoms with Crippen molar-refractivity contribution < 1.29 is 14.3 Å². The van der Waals surface area contributed by atoms with E-state index in [2.05, 4.69) is 4.98 Å². The number of piperidine rings is 1. The molecule has 132 valence electrons. The Hall–Kier alpha value is -1.98. The number of hydrogen-bond donors (Lipinski definition) is 0. The first kappa shape index (κ1) is 16.5. The van der Waals surface area contributed by atoms with Crippen LogP contribution in [0.1, 0.15) is 29.6 Å². The Balaban J connectivity index is 1.64. The van der Waals surface area contributed by atoms with Gasteiger partial charge in [-0.15, -0.1) is 0 Å². The number of likely N-dealkylation sites (tertiary alicyclic amines) is 1. The van der Waals surface area contributed by atoms with Gasteiger partial charge in [-0.2, -0.15) is 0 Å². The lowest BCUT2D eigenvalue weighted by Gasteiger charge is -2.50. The fraction of sp³-hybridized carbons (Fsp3) is 0.500. The van der Waals surface area contributed by atoms with Crippen molar-refractivity contribution in [1.29, 1.82) is 0 Å². The number of methoxy groups -OCH3 is 1. The molecule has 2 aliphatic heterocycles. The summed E-state index contributed by atoms with van der Waals surface area (Å²) in [4.78, 5) is 19.6. The Morgan fingerprint density at radius 2 is 2.28 bits per heavy atom. The van der Waals surface area contributed by atoms with Gasteiger partial charge in [0.1, 0.15) is 0 Å². The van der Waals surface area contributed by atoms with Gasteiger partial charge in [0, 0.05) is 43.8 Å². The van der Waals surface area contributed by atoms with Gasteiger partial charge < -0.3 is 14.4 Å². The molecule has 1 aromatic heterocycles. The topological polar surface area (TPSA) is 51.7 Å². The van der Waals surface area contributed by atoms with E-state index in [1.165, 1.54) is 0 Å². The molecule has 1 amide bonds. The standard InChI is InChI=1S/C20H24N2O3/c1-24-14-20-9-4-12-25-18(20)8-11-22(13-20)19(23)16-7-10-21-17-6-3-2-5-15(16)17/h2-3,5-7,10,18H,4,8-9,11-14H2,1H3. The molecule has 2 unspecified atom stereocenters. The number of para-hydroxylation sites is 1. The molecule has 0 spiro atoms. The van der Waals surface area contributed by atoms with E-state index >= 15 is 0 Å². The number of fused-ring (bicyclic) bond motifs is 2. The summed E-state index contributed by atoms with van der Waals surface area (Å²) < 4.78 is 11.5. The molecule has 0 aliphatic carbocycles. The van der Waals surface area contributed by atoms with Crippen LogP contribution in [0.15, 0.2) is 36.5 Å². The van der Waals surface area contributed by atoms with Crippen LogP contribution >= 0.6 is 0 Å². The Morgan fingerprint density at radius 3 is 3.16 bits per heavy atom. The number of rotatable bonds is 3. The average Bonchev–Trinajstić information content (AvgIpc) is 2.66. The highest BCUT2D eigenvalue weighted by atomic mass is 16.5. The van der Waals surface area contributed by atoms with Crippen molar-refractivity contribution >= 4 is 16.8 Å². The number of ether oxygens (including phenoxy) is 2. The lowest BCUT2D eigenvalue weighted by molar-refractivity contribution is -0.142. The third-order valence-electron chi connectivity index (χ3n) is 5.59. The number of carbonyl (C=O) groups excluding carboxylic acids is 1. The van der Waals surface area contributed by atoms with Crippen LogP contribution in [0.2, 0.25) is 0 Å². The first-order valence-electron chi connectivity index (χ1n) is 8.97. The number of benzene rings is 1. The van der Waals surface area contributed by atoms with Gasteiger partial charge in [-0.1, -0.05) is 18.2 Å². The molecule has 3 heterocycles. The molecule has 0 saturated carbocycles. The molecule has 2 atom stereocenters. The zero-order valence-corrected chi connectivity index (χ0v) is 14.6. The number of pyridine rings is 1. The quantitative estimate of drug-likeness (QED) is 0.862. The molecule has 0 radical (unpaired) electrons. The third-order valence-corrected chi connectivity index (χ3v) is 5.59. The summed E-state index contributed by atoms with van der Waals surface area (Å²) in [6.07, 6.45) is 4.86. The minimum Gasteiger partial charge on any atom is -0.384 e. The van der Waals surface area contributed by atoms with Crippen molar-refractivity contribution in [1.82, 2.24) is 9.88 Å². The lowest BCUT2D eigenvalue weighted by atomic mass is 9.73. The maximum absolute atomic E-state index is 13.3. The normalized spacial score (nSPS) is 26.4. The molecule has 4 rings (SSSR count). The molecule has 2 fully saturated rings. The van der Waals surface area contributed by atoms with E-state index < -0.39 is 0 Å². The van der Waals surface area contributed by atoms with Crippen LogP contribution in [0.25, 0.3) is 10.9 Å². The van der Waals surface area contributed by atoms with Gasteiger partial charge in [-0.25, -0.2) is 0 Å². The van der Waals surface area contributed by atoms with Crippen molar-refractivity contribution in [3.8, 4) is 0 Å². The number of hydrogen-bond acceptors (Lipinski definition) is 4. The first-order chi connectivity index (χ1) is 12.2. The van der Waals surface area contributed by atoms with Crippen molar-refractivity contribution in [2.24, 2.45) is 5.41 Å². The van der Waals surface area contributed by atoms with E-state index in [-0.39, 0.29) is 17.4 Å². The summed E-state index contributed by atoms with van der Waals surface area (Å²) in [5, 5.41) is 0.915. The van der Waals surface area contributed by atoms with Gasteiger partial charge in [0.15, 0.2) is 0 Å². The maximum atomic E-state index is 13.3. The zero-order chi connectivity index (χ0) is 17.3. The van der Waals surface area contributed by atoms with Gasteiger partial charge in [-0.05, 0) is 31.4 Å². The van der Waals surface area contributed by atoms with E-state index in [9.17, 15) is 4.79 Å².